The van der Waals surface area contributed by atoms with Crippen molar-refractivity contribution in [1.29, 1.82) is 0 Å². The first-order valence-corrected chi connectivity index (χ1v) is 9.02. The van der Waals surface area contributed by atoms with Crippen LogP contribution >= 0.6 is 0 Å². The predicted molar refractivity (Wildman–Crippen MR) is 91.2 cm³/mol. The Hall–Kier alpha value is -2.61. The highest BCUT2D eigenvalue weighted by Crippen LogP contribution is 2.30. The molecule has 0 bridgehead atoms. The minimum absolute atomic E-state index is 0.0102. The second kappa shape index (κ2) is 7.98. The number of benzene rings is 2. The van der Waals surface area contributed by atoms with Gasteiger partial charge in [-0.2, -0.15) is 0 Å². The summed E-state index contributed by atoms with van der Waals surface area (Å²) in [6, 6.07) is 9.86. The maximum atomic E-state index is 13.5. The molecule has 1 amide bonds. The van der Waals surface area contributed by atoms with Crippen LogP contribution < -0.4 is 14.8 Å². The third-order valence-electron chi connectivity index (χ3n) is 3.46. The molecule has 0 aromatic heterocycles. The number of methoxy groups -OCH3 is 2. The highest BCUT2D eigenvalue weighted by atomic mass is 32.2. The molecule has 0 spiro atoms. The molecule has 0 unspecified atom stereocenters. The van der Waals surface area contributed by atoms with Gasteiger partial charge in [-0.3, -0.25) is 4.79 Å². The molecule has 25 heavy (non-hydrogen) atoms. The van der Waals surface area contributed by atoms with Crippen molar-refractivity contribution in [3.63, 3.8) is 0 Å². The van der Waals surface area contributed by atoms with Crippen LogP contribution in [-0.2, 0) is 14.6 Å². The van der Waals surface area contributed by atoms with E-state index in [4.69, 9.17) is 9.47 Å². The third kappa shape index (κ3) is 4.69. The Morgan fingerprint density at radius 2 is 1.76 bits per heavy atom. The highest BCUT2D eigenvalue weighted by molar-refractivity contribution is 7.91. The third-order valence-corrected chi connectivity index (χ3v) is 5.17. The summed E-state index contributed by atoms with van der Waals surface area (Å²) < 4.78 is 48.4. The van der Waals surface area contributed by atoms with Crippen molar-refractivity contribution < 1.29 is 27.1 Å². The van der Waals surface area contributed by atoms with Crippen LogP contribution in [0.25, 0.3) is 0 Å². The Morgan fingerprint density at radius 1 is 1.08 bits per heavy atom. The van der Waals surface area contributed by atoms with Crippen LogP contribution in [0.3, 0.4) is 0 Å². The molecule has 6 nitrogen and oxygen atoms in total. The summed E-state index contributed by atoms with van der Waals surface area (Å²) in [5, 5.41) is 2.35. The molecule has 8 heteroatoms. The van der Waals surface area contributed by atoms with Crippen LogP contribution in [0.1, 0.15) is 6.42 Å². The van der Waals surface area contributed by atoms with Crippen molar-refractivity contribution >= 4 is 21.4 Å². The SMILES string of the molecule is COc1ccc(S(=O)(=O)CCC(=O)Nc2ccccc2F)cc1OC. The maximum absolute atomic E-state index is 13.5. The van der Waals surface area contributed by atoms with Crippen LogP contribution in [0.4, 0.5) is 10.1 Å². The summed E-state index contributed by atoms with van der Waals surface area (Å²) in [7, 11) is -0.863. The van der Waals surface area contributed by atoms with Gasteiger partial charge in [0.1, 0.15) is 5.82 Å². The number of hydrogen-bond donors (Lipinski definition) is 1. The molecule has 0 fully saturated rings. The van der Waals surface area contributed by atoms with Gasteiger partial charge in [0.25, 0.3) is 0 Å². The molecule has 0 aliphatic heterocycles. The van der Waals surface area contributed by atoms with E-state index in [0.29, 0.717) is 5.75 Å². The molecule has 2 aromatic carbocycles. The number of hydrogen-bond acceptors (Lipinski definition) is 5. The summed E-state index contributed by atoms with van der Waals surface area (Å²) in [5.41, 5.74) is 0.0102. The lowest BCUT2D eigenvalue weighted by Crippen LogP contribution is -2.18. The van der Waals surface area contributed by atoms with Gasteiger partial charge in [0.05, 0.1) is 30.6 Å². The van der Waals surface area contributed by atoms with E-state index in [0.717, 1.165) is 0 Å². The summed E-state index contributed by atoms with van der Waals surface area (Å²) in [4.78, 5) is 11.9. The van der Waals surface area contributed by atoms with Crippen LogP contribution in [-0.4, -0.2) is 34.3 Å². The van der Waals surface area contributed by atoms with E-state index >= 15 is 0 Å². The van der Waals surface area contributed by atoms with E-state index in [1.165, 1.54) is 50.6 Å². The van der Waals surface area contributed by atoms with E-state index in [1.807, 2.05) is 0 Å². The van der Waals surface area contributed by atoms with Crippen LogP contribution in [0, 0.1) is 5.82 Å². The second-order valence-corrected chi connectivity index (χ2v) is 7.22. The largest absolute Gasteiger partial charge is 0.493 e. The topological polar surface area (TPSA) is 81.7 Å². The molecular weight excluding hydrogens is 349 g/mol. The first-order chi connectivity index (χ1) is 11.9. The molecule has 134 valence electrons. The maximum Gasteiger partial charge on any atom is 0.225 e. The van der Waals surface area contributed by atoms with Crippen molar-refractivity contribution in [3.05, 3.63) is 48.3 Å². The quantitative estimate of drug-likeness (QED) is 0.814. The average Bonchev–Trinajstić information content (AvgIpc) is 2.61. The fraction of sp³-hybridized carbons (Fsp3) is 0.235. The molecular formula is C17H18FNO5S. The molecule has 0 aliphatic carbocycles. The second-order valence-electron chi connectivity index (χ2n) is 5.11. The Balaban J connectivity index is 2.06. The number of halogens is 1. The molecule has 0 aliphatic rings. The zero-order chi connectivity index (χ0) is 18.4. The molecule has 1 N–H and O–H groups in total. The smallest absolute Gasteiger partial charge is 0.225 e. The van der Waals surface area contributed by atoms with Crippen molar-refractivity contribution in [2.24, 2.45) is 0 Å². The lowest BCUT2D eigenvalue weighted by Gasteiger charge is -2.10. The summed E-state index contributed by atoms with van der Waals surface area (Å²) >= 11 is 0. The lowest BCUT2D eigenvalue weighted by molar-refractivity contribution is -0.115. The Kier molecular flexibility index (Phi) is 5.97. The molecule has 2 rings (SSSR count). The molecule has 2 aromatic rings. The molecule has 0 saturated carbocycles. The van der Waals surface area contributed by atoms with Gasteiger partial charge in [0.2, 0.25) is 5.91 Å². The first-order valence-electron chi connectivity index (χ1n) is 7.36. The zero-order valence-electron chi connectivity index (χ0n) is 13.8. The van der Waals surface area contributed by atoms with Crippen LogP contribution in [0.5, 0.6) is 11.5 Å². The average molecular weight is 367 g/mol. The monoisotopic (exact) mass is 367 g/mol. The molecule has 0 atom stereocenters. The zero-order valence-corrected chi connectivity index (χ0v) is 14.6. The fourth-order valence-electron chi connectivity index (χ4n) is 2.13. The van der Waals surface area contributed by atoms with Gasteiger partial charge in [-0.25, -0.2) is 12.8 Å². The number of amides is 1. The summed E-state index contributed by atoms with van der Waals surface area (Å²) in [5.74, 6) is -0.908. The van der Waals surface area contributed by atoms with E-state index in [-0.39, 0.29) is 22.8 Å². The van der Waals surface area contributed by atoms with E-state index in [1.54, 1.807) is 6.07 Å². The van der Waals surface area contributed by atoms with E-state index in [2.05, 4.69) is 5.32 Å². The Labute approximate surface area is 145 Å². The minimum atomic E-state index is -3.71. The standard InChI is InChI=1S/C17H18FNO5S/c1-23-15-8-7-12(11-16(15)24-2)25(21,22)10-9-17(20)19-14-6-4-3-5-13(14)18/h3-8,11H,9-10H2,1-2H3,(H,19,20). The number of para-hydroxylation sites is 1. The van der Waals surface area contributed by atoms with Crippen molar-refractivity contribution in [2.45, 2.75) is 11.3 Å². The van der Waals surface area contributed by atoms with Crippen molar-refractivity contribution in [1.82, 2.24) is 0 Å². The number of nitrogens with one attached hydrogen (secondary N) is 1. The van der Waals surface area contributed by atoms with Gasteiger partial charge in [-0.1, -0.05) is 12.1 Å². The Bertz CT molecular complexity index is 867. The van der Waals surface area contributed by atoms with Gasteiger partial charge < -0.3 is 14.8 Å². The van der Waals surface area contributed by atoms with E-state index < -0.39 is 27.3 Å². The van der Waals surface area contributed by atoms with Crippen LogP contribution in [0.2, 0.25) is 0 Å². The van der Waals surface area contributed by atoms with Gasteiger partial charge >= 0.3 is 0 Å². The number of rotatable bonds is 7. The van der Waals surface area contributed by atoms with Gasteiger partial charge in [-0.15, -0.1) is 0 Å². The normalized spacial score (nSPS) is 11.0. The molecule has 0 radical (unpaired) electrons. The first kappa shape index (κ1) is 18.7. The van der Waals surface area contributed by atoms with Gasteiger partial charge in [0.15, 0.2) is 21.3 Å². The van der Waals surface area contributed by atoms with E-state index in [9.17, 15) is 17.6 Å². The predicted octanol–water partition coefficient (Wildman–Crippen LogP) is 2.65. The molecule has 0 saturated heterocycles. The highest BCUT2D eigenvalue weighted by Gasteiger charge is 2.19. The van der Waals surface area contributed by atoms with Crippen molar-refractivity contribution in [2.75, 3.05) is 25.3 Å². The number of carbonyl (C=O) groups excluding carboxylic acids is 1. The van der Waals surface area contributed by atoms with Crippen LogP contribution in [0.15, 0.2) is 47.4 Å². The molecule has 0 heterocycles. The summed E-state index contributed by atoms with van der Waals surface area (Å²) in [6.45, 7) is 0. The number of anilines is 1. The summed E-state index contributed by atoms with van der Waals surface area (Å²) in [6.07, 6.45) is -0.301. The van der Waals surface area contributed by atoms with Gasteiger partial charge in [-0.05, 0) is 24.3 Å². The van der Waals surface area contributed by atoms with Gasteiger partial charge in [0, 0.05) is 12.5 Å². The lowest BCUT2D eigenvalue weighted by atomic mass is 10.3. The fourth-order valence-corrected chi connectivity index (χ4v) is 3.38. The Morgan fingerprint density at radius 3 is 2.40 bits per heavy atom. The number of ether oxygens (including phenoxy) is 2. The minimum Gasteiger partial charge on any atom is -0.493 e. The number of carbonyl (C=O) groups is 1. The number of sulfone groups is 1. The van der Waals surface area contributed by atoms with Crippen molar-refractivity contribution in [3.8, 4) is 11.5 Å².